The van der Waals surface area contributed by atoms with Crippen molar-refractivity contribution in [2.45, 2.75) is 31.3 Å². The molecule has 1 aliphatic heterocycles. The molecule has 0 bridgehead atoms. The molecule has 1 aromatic rings. The van der Waals surface area contributed by atoms with E-state index in [9.17, 15) is 27.2 Å². The average Bonchev–Trinajstić information content (AvgIpc) is 2.62. The van der Waals surface area contributed by atoms with Gasteiger partial charge in [-0.25, -0.2) is 9.29 Å². The molecular weight excluding hydrogens is 322 g/mol. The van der Waals surface area contributed by atoms with E-state index in [2.05, 4.69) is 0 Å². The summed E-state index contributed by atoms with van der Waals surface area (Å²) in [5.41, 5.74) is 0.0391. The Bertz CT molecular complexity index is 630. The molecule has 22 heavy (non-hydrogen) atoms. The van der Waals surface area contributed by atoms with E-state index in [-0.39, 0.29) is 17.0 Å². The van der Waals surface area contributed by atoms with Crippen LogP contribution in [0.15, 0.2) is 17.0 Å². The van der Waals surface area contributed by atoms with Crippen molar-refractivity contribution in [3.63, 3.8) is 0 Å². The highest BCUT2D eigenvalue weighted by atomic mass is 32.2. The number of carbonyl (C=O) groups is 2. The number of rotatable bonds is 3. The molecule has 2 rings (SSSR count). The quantitative estimate of drug-likeness (QED) is 0.480. The van der Waals surface area contributed by atoms with Crippen molar-refractivity contribution < 1.29 is 27.2 Å². The lowest BCUT2D eigenvalue weighted by molar-refractivity contribution is -0.122. The molecule has 3 nitrogen and oxygen atoms in total. The summed E-state index contributed by atoms with van der Waals surface area (Å²) in [6, 6.07) is 2.17. The van der Waals surface area contributed by atoms with Crippen LogP contribution in [0.2, 0.25) is 0 Å². The number of alkyl halides is 3. The van der Waals surface area contributed by atoms with Gasteiger partial charge in [0.2, 0.25) is 11.8 Å². The lowest BCUT2D eigenvalue weighted by Gasteiger charge is -2.18. The first-order valence-corrected chi connectivity index (χ1v) is 7.45. The number of thioether (sulfide) groups is 1. The van der Waals surface area contributed by atoms with Crippen LogP contribution in [-0.4, -0.2) is 23.7 Å². The highest BCUT2D eigenvalue weighted by Crippen LogP contribution is 2.35. The molecule has 2 amide bonds. The summed E-state index contributed by atoms with van der Waals surface area (Å²) in [6.45, 7) is 3.02. The SMILES string of the molecule is Cc1cc(F)c(N2C(=O)CC(C)C2=O)cc1SCC(F)(F)F. The number of aryl methyl sites for hydroxylation is 1. The van der Waals surface area contributed by atoms with Gasteiger partial charge in [0, 0.05) is 17.2 Å². The lowest BCUT2D eigenvalue weighted by atomic mass is 10.1. The van der Waals surface area contributed by atoms with E-state index in [0.717, 1.165) is 17.0 Å². The number of imide groups is 1. The minimum Gasteiger partial charge on any atom is -0.274 e. The van der Waals surface area contributed by atoms with Gasteiger partial charge < -0.3 is 0 Å². The van der Waals surface area contributed by atoms with Crippen molar-refractivity contribution in [1.82, 2.24) is 0 Å². The molecule has 1 unspecified atom stereocenters. The van der Waals surface area contributed by atoms with Crippen LogP contribution in [0.5, 0.6) is 0 Å². The number of amides is 2. The van der Waals surface area contributed by atoms with Crippen molar-refractivity contribution in [3.8, 4) is 0 Å². The zero-order chi connectivity index (χ0) is 16.7. The largest absolute Gasteiger partial charge is 0.398 e. The third-order valence-electron chi connectivity index (χ3n) is 3.25. The molecule has 0 spiro atoms. The van der Waals surface area contributed by atoms with E-state index in [4.69, 9.17) is 0 Å². The first-order valence-electron chi connectivity index (χ1n) is 6.46. The number of hydrogen-bond donors (Lipinski definition) is 0. The van der Waals surface area contributed by atoms with Crippen LogP contribution in [0.3, 0.4) is 0 Å². The van der Waals surface area contributed by atoms with E-state index in [0.29, 0.717) is 17.3 Å². The van der Waals surface area contributed by atoms with Crippen LogP contribution >= 0.6 is 11.8 Å². The Balaban J connectivity index is 2.36. The number of carbonyl (C=O) groups excluding carboxylic acids is 2. The summed E-state index contributed by atoms with van der Waals surface area (Å²) >= 11 is 0.498. The normalized spacial score (nSPS) is 19.2. The lowest BCUT2D eigenvalue weighted by Crippen LogP contribution is -2.31. The molecule has 1 aliphatic rings. The number of anilines is 1. The monoisotopic (exact) mass is 335 g/mol. The van der Waals surface area contributed by atoms with Gasteiger partial charge in [-0.05, 0) is 24.6 Å². The highest BCUT2D eigenvalue weighted by molar-refractivity contribution is 7.99. The van der Waals surface area contributed by atoms with Gasteiger partial charge in [-0.1, -0.05) is 6.92 Å². The van der Waals surface area contributed by atoms with Crippen molar-refractivity contribution in [2.24, 2.45) is 5.92 Å². The molecule has 120 valence electrons. The first kappa shape index (κ1) is 16.8. The maximum absolute atomic E-state index is 14.1. The first-order chi connectivity index (χ1) is 10.1. The summed E-state index contributed by atoms with van der Waals surface area (Å²) in [7, 11) is 0. The predicted molar refractivity (Wildman–Crippen MR) is 74.2 cm³/mol. The van der Waals surface area contributed by atoms with Crippen molar-refractivity contribution >= 4 is 29.3 Å². The maximum atomic E-state index is 14.1. The van der Waals surface area contributed by atoms with E-state index in [1.54, 1.807) is 6.92 Å². The molecule has 1 heterocycles. The van der Waals surface area contributed by atoms with Gasteiger partial charge in [0.1, 0.15) is 5.82 Å². The summed E-state index contributed by atoms with van der Waals surface area (Å²) in [5, 5.41) is 0. The van der Waals surface area contributed by atoms with Gasteiger partial charge in [-0.3, -0.25) is 9.59 Å². The Labute approximate surface area is 128 Å². The molecule has 0 aliphatic carbocycles. The zero-order valence-corrected chi connectivity index (χ0v) is 12.6. The van der Waals surface area contributed by atoms with Crippen LogP contribution in [0, 0.1) is 18.7 Å². The van der Waals surface area contributed by atoms with Gasteiger partial charge in [-0.15, -0.1) is 11.8 Å². The fourth-order valence-electron chi connectivity index (χ4n) is 2.17. The minimum atomic E-state index is -4.36. The van der Waals surface area contributed by atoms with Crippen LogP contribution in [0.4, 0.5) is 23.2 Å². The number of benzene rings is 1. The van der Waals surface area contributed by atoms with E-state index >= 15 is 0 Å². The molecule has 0 N–H and O–H groups in total. The van der Waals surface area contributed by atoms with Crippen molar-refractivity contribution in [1.29, 1.82) is 0 Å². The minimum absolute atomic E-state index is 0.0306. The van der Waals surface area contributed by atoms with Crippen LogP contribution in [0.1, 0.15) is 18.9 Å². The Morgan fingerprint density at radius 3 is 2.45 bits per heavy atom. The molecule has 1 atom stereocenters. The van der Waals surface area contributed by atoms with Gasteiger partial charge >= 0.3 is 6.18 Å². The van der Waals surface area contributed by atoms with E-state index in [1.165, 1.54) is 6.92 Å². The molecule has 1 aromatic carbocycles. The smallest absolute Gasteiger partial charge is 0.274 e. The molecule has 0 saturated carbocycles. The zero-order valence-electron chi connectivity index (χ0n) is 11.8. The van der Waals surface area contributed by atoms with Gasteiger partial charge in [0.25, 0.3) is 0 Å². The average molecular weight is 335 g/mol. The topological polar surface area (TPSA) is 37.4 Å². The summed E-state index contributed by atoms with van der Waals surface area (Å²) < 4.78 is 51.0. The third kappa shape index (κ3) is 3.43. The molecular formula is C14H13F4NO2S. The Hall–Kier alpha value is -1.57. The van der Waals surface area contributed by atoms with Gasteiger partial charge in [-0.2, -0.15) is 13.2 Å². The van der Waals surface area contributed by atoms with Crippen molar-refractivity contribution in [2.75, 3.05) is 10.7 Å². The fourth-order valence-corrected chi connectivity index (χ4v) is 2.97. The number of hydrogen-bond acceptors (Lipinski definition) is 3. The third-order valence-corrected chi connectivity index (χ3v) is 4.47. The molecule has 0 aromatic heterocycles. The van der Waals surface area contributed by atoms with E-state index in [1.807, 2.05) is 0 Å². The highest BCUT2D eigenvalue weighted by Gasteiger charge is 2.38. The standard InChI is InChI=1S/C14H13F4NO2S/c1-7-3-9(15)10(5-11(7)22-6-14(16,17)18)19-12(20)4-8(2)13(19)21/h3,5,8H,4,6H2,1-2H3. The Morgan fingerprint density at radius 2 is 1.95 bits per heavy atom. The van der Waals surface area contributed by atoms with Crippen molar-refractivity contribution in [3.05, 3.63) is 23.5 Å². The van der Waals surface area contributed by atoms with Gasteiger partial charge in [0.05, 0.1) is 11.4 Å². The fraction of sp³-hybridized carbons (Fsp3) is 0.429. The van der Waals surface area contributed by atoms with E-state index < -0.39 is 35.5 Å². The Morgan fingerprint density at radius 1 is 1.32 bits per heavy atom. The second-order valence-electron chi connectivity index (χ2n) is 5.15. The summed E-state index contributed by atoms with van der Waals surface area (Å²) in [6.07, 6.45) is -4.39. The number of halogens is 4. The van der Waals surface area contributed by atoms with Gasteiger partial charge in [0.15, 0.2) is 0 Å². The summed E-state index contributed by atoms with van der Waals surface area (Å²) in [5.74, 6) is -3.58. The molecule has 1 fully saturated rings. The number of nitrogens with zero attached hydrogens (tertiary/aromatic N) is 1. The second-order valence-corrected chi connectivity index (χ2v) is 6.16. The van der Waals surface area contributed by atoms with Crippen LogP contribution < -0.4 is 4.90 Å². The second kappa shape index (κ2) is 5.91. The molecule has 8 heteroatoms. The maximum Gasteiger partial charge on any atom is 0.398 e. The predicted octanol–water partition coefficient (Wildman–Crippen LogP) is 3.69. The molecule has 0 radical (unpaired) electrons. The Kier molecular flexibility index (Phi) is 4.51. The van der Waals surface area contributed by atoms with Crippen LogP contribution in [0.25, 0.3) is 0 Å². The van der Waals surface area contributed by atoms with Crippen LogP contribution in [-0.2, 0) is 9.59 Å². The summed E-state index contributed by atoms with van der Waals surface area (Å²) in [4.78, 5) is 24.7. The molecule has 1 saturated heterocycles.